The second-order valence-electron chi connectivity index (χ2n) is 1.99. The first-order chi connectivity index (χ1) is 5.72. The Morgan fingerprint density at radius 2 is 2.33 bits per heavy atom. The largest absolute Gasteiger partial charge is 0.396 e. The molecule has 0 fully saturated rings. The van der Waals surface area contributed by atoms with Gasteiger partial charge in [-0.3, -0.25) is 10.1 Å². The lowest BCUT2D eigenvalue weighted by Gasteiger charge is -1.89. The molecule has 0 saturated heterocycles. The molecule has 0 aliphatic rings. The fourth-order valence-electron chi connectivity index (χ4n) is 0.582. The van der Waals surface area contributed by atoms with Gasteiger partial charge in [-0.25, -0.2) is 0 Å². The van der Waals surface area contributed by atoms with Crippen LogP contribution in [0.1, 0.15) is 6.42 Å². The standard InChI is InChI=1S/C8H11NO3/c1-2-3-5-8(9(11)12)6-4-7-10/h2-3,5-6,10H,1,4,7H2/b5-3-,8-6+. The summed E-state index contributed by atoms with van der Waals surface area (Å²) in [5.74, 6) is 0. The third kappa shape index (κ3) is 4.40. The average molecular weight is 169 g/mol. The van der Waals surface area contributed by atoms with Gasteiger partial charge in [-0.15, -0.1) is 0 Å². The molecule has 12 heavy (non-hydrogen) atoms. The first-order valence-electron chi connectivity index (χ1n) is 3.47. The summed E-state index contributed by atoms with van der Waals surface area (Å²) >= 11 is 0. The van der Waals surface area contributed by atoms with E-state index in [0.29, 0.717) is 0 Å². The van der Waals surface area contributed by atoms with Crippen molar-refractivity contribution >= 4 is 0 Å². The van der Waals surface area contributed by atoms with E-state index in [2.05, 4.69) is 6.58 Å². The maximum atomic E-state index is 10.3. The Bertz CT molecular complexity index is 218. The fraction of sp³-hybridized carbons (Fsp3) is 0.250. The summed E-state index contributed by atoms with van der Waals surface area (Å²) in [5.41, 5.74) is -0.0241. The van der Waals surface area contributed by atoms with Gasteiger partial charge in [0, 0.05) is 12.7 Å². The van der Waals surface area contributed by atoms with Gasteiger partial charge in [0.25, 0.3) is 5.70 Å². The van der Waals surface area contributed by atoms with Crippen LogP contribution in [0.2, 0.25) is 0 Å². The number of hydrogen-bond donors (Lipinski definition) is 1. The molecule has 0 radical (unpaired) electrons. The minimum atomic E-state index is -0.504. The van der Waals surface area contributed by atoms with Crippen LogP contribution in [0.5, 0.6) is 0 Å². The maximum absolute atomic E-state index is 10.3. The Labute approximate surface area is 70.7 Å². The minimum Gasteiger partial charge on any atom is -0.396 e. The van der Waals surface area contributed by atoms with E-state index < -0.39 is 4.92 Å². The van der Waals surface area contributed by atoms with Crippen molar-refractivity contribution in [3.8, 4) is 0 Å². The van der Waals surface area contributed by atoms with Crippen molar-refractivity contribution in [2.24, 2.45) is 0 Å². The Morgan fingerprint density at radius 3 is 2.75 bits per heavy atom. The summed E-state index contributed by atoms with van der Waals surface area (Å²) in [4.78, 5) is 9.78. The normalized spacial score (nSPS) is 11.9. The minimum absolute atomic E-state index is 0.0241. The van der Waals surface area contributed by atoms with Crippen LogP contribution >= 0.6 is 0 Å². The molecule has 4 nitrogen and oxygen atoms in total. The smallest absolute Gasteiger partial charge is 0.265 e. The van der Waals surface area contributed by atoms with Crippen LogP contribution in [-0.2, 0) is 0 Å². The first kappa shape index (κ1) is 10.6. The highest BCUT2D eigenvalue weighted by Gasteiger charge is 2.02. The van der Waals surface area contributed by atoms with Gasteiger partial charge in [-0.1, -0.05) is 18.7 Å². The number of aliphatic hydroxyl groups excluding tert-OH is 1. The van der Waals surface area contributed by atoms with Crippen molar-refractivity contribution in [1.29, 1.82) is 0 Å². The van der Waals surface area contributed by atoms with E-state index in [1.54, 1.807) is 0 Å². The lowest BCUT2D eigenvalue weighted by atomic mass is 10.3. The first-order valence-corrected chi connectivity index (χ1v) is 3.47. The van der Waals surface area contributed by atoms with E-state index in [0.717, 1.165) is 0 Å². The van der Waals surface area contributed by atoms with Gasteiger partial charge in [-0.05, 0) is 12.5 Å². The van der Waals surface area contributed by atoms with Crippen LogP contribution < -0.4 is 0 Å². The predicted octanol–water partition coefficient (Wildman–Crippen LogP) is 1.27. The molecule has 0 amide bonds. The number of rotatable bonds is 5. The van der Waals surface area contributed by atoms with Crippen molar-refractivity contribution in [2.75, 3.05) is 6.61 Å². The number of aliphatic hydroxyl groups is 1. The summed E-state index contributed by atoms with van der Waals surface area (Å²) < 4.78 is 0. The zero-order chi connectivity index (χ0) is 9.40. The van der Waals surface area contributed by atoms with Crippen molar-refractivity contribution in [2.45, 2.75) is 6.42 Å². The lowest BCUT2D eigenvalue weighted by molar-refractivity contribution is -0.419. The Morgan fingerprint density at radius 1 is 1.67 bits per heavy atom. The zero-order valence-electron chi connectivity index (χ0n) is 6.64. The highest BCUT2D eigenvalue weighted by atomic mass is 16.6. The van der Waals surface area contributed by atoms with E-state index in [9.17, 15) is 10.1 Å². The molecule has 4 heteroatoms. The molecule has 0 unspecified atom stereocenters. The number of hydrogen-bond acceptors (Lipinski definition) is 3. The van der Waals surface area contributed by atoms with Crippen LogP contribution in [0.25, 0.3) is 0 Å². The predicted molar refractivity (Wildman–Crippen MR) is 46.1 cm³/mol. The number of nitrogens with zero attached hydrogens (tertiary/aromatic N) is 1. The second kappa shape index (κ2) is 6.30. The van der Waals surface area contributed by atoms with E-state index >= 15 is 0 Å². The maximum Gasteiger partial charge on any atom is 0.265 e. The van der Waals surface area contributed by atoms with Gasteiger partial charge >= 0.3 is 0 Å². The van der Waals surface area contributed by atoms with Gasteiger partial charge in [0.05, 0.1) is 4.92 Å². The highest BCUT2D eigenvalue weighted by molar-refractivity contribution is 5.14. The van der Waals surface area contributed by atoms with Crippen LogP contribution in [0.4, 0.5) is 0 Å². The average Bonchev–Trinajstić information content (AvgIpc) is 2.04. The lowest BCUT2D eigenvalue weighted by Crippen LogP contribution is -1.95. The molecular formula is C8H11NO3. The Balaban J connectivity index is 4.32. The van der Waals surface area contributed by atoms with Crippen LogP contribution in [-0.4, -0.2) is 16.6 Å². The van der Waals surface area contributed by atoms with E-state index in [1.165, 1.54) is 24.3 Å². The molecule has 0 bridgehead atoms. The third-order valence-electron chi connectivity index (χ3n) is 1.10. The second-order valence-corrected chi connectivity index (χ2v) is 1.99. The molecule has 0 aromatic carbocycles. The highest BCUT2D eigenvalue weighted by Crippen LogP contribution is 1.99. The molecule has 0 aliphatic heterocycles. The molecule has 0 saturated carbocycles. The quantitative estimate of drug-likeness (QED) is 0.383. The van der Waals surface area contributed by atoms with Crippen LogP contribution in [0.15, 0.2) is 36.6 Å². The van der Waals surface area contributed by atoms with Gasteiger partial charge in [0.1, 0.15) is 0 Å². The van der Waals surface area contributed by atoms with E-state index in [4.69, 9.17) is 5.11 Å². The summed E-state index contributed by atoms with van der Waals surface area (Å²) in [7, 11) is 0. The fourth-order valence-corrected chi connectivity index (χ4v) is 0.582. The molecule has 0 atom stereocenters. The number of allylic oxidation sites excluding steroid dienone is 3. The van der Waals surface area contributed by atoms with E-state index in [-0.39, 0.29) is 18.7 Å². The van der Waals surface area contributed by atoms with Gasteiger partial charge in [-0.2, -0.15) is 0 Å². The van der Waals surface area contributed by atoms with Gasteiger partial charge in [0.2, 0.25) is 0 Å². The topological polar surface area (TPSA) is 63.4 Å². The van der Waals surface area contributed by atoms with Crippen LogP contribution in [0, 0.1) is 10.1 Å². The molecule has 0 aliphatic carbocycles. The Kier molecular flexibility index (Phi) is 5.55. The Hall–Kier alpha value is -1.42. The van der Waals surface area contributed by atoms with Crippen LogP contribution in [0.3, 0.4) is 0 Å². The van der Waals surface area contributed by atoms with Crippen molar-refractivity contribution in [3.63, 3.8) is 0 Å². The molecule has 0 heterocycles. The third-order valence-corrected chi connectivity index (χ3v) is 1.10. The van der Waals surface area contributed by atoms with Gasteiger partial charge in [0.15, 0.2) is 0 Å². The molecule has 0 aromatic rings. The number of nitro groups is 1. The van der Waals surface area contributed by atoms with Crippen molar-refractivity contribution in [3.05, 3.63) is 46.7 Å². The van der Waals surface area contributed by atoms with Crippen molar-refractivity contribution < 1.29 is 10.0 Å². The van der Waals surface area contributed by atoms with E-state index in [1.807, 2.05) is 0 Å². The summed E-state index contributed by atoms with van der Waals surface area (Å²) in [5, 5.41) is 18.7. The molecule has 1 N–H and O–H groups in total. The molecule has 66 valence electrons. The summed E-state index contributed by atoms with van der Waals surface area (Å²) in [6.07, 6.45) is 5.92. The summed E-state index contributed by atoms with van der Waals surface area (Å²) in [6.45, 7) is 3.30. The van der Waals surface area contributed by atoms with Crippen molar-refractivity contribution in [1.82, 2.24) is 0 Å². The molecule has 0 spiro atoms. The monoisotopic (exact) mass is 169 g/mol. The van der Waals surface area contributed by atoms with Gasteiger partial charge < -0.3 is 5.11 Å². The zero-order valence-corrected chi connectivity index (χ0v) is 6.64. The molecule has 0 aromatic heterocycles. The molecule has 0 rings (SSSR count). The summed E-state index contributed by atoms with van der Waals surface area (Å²) in [6, 6.07) is 0. The SMILES string of the molecule is C=C/C=C\C(=C/CCO)[N+](=O)[O-]. The molecular weight excluding hydrogens is 158 g/mol.